The third-order valence-electron chi connectivity index (χ3n) is 3.26. The van der Waals surface area contributed by atoms with Gasteiger partial charge in [-0.3, -0.25) is 9.79 Å². The minimum atomic E-state index is -0.305. The predicted molar refractivity (Wildman–Crippen MR) is 78.2 cm³/mol. The number of aromatic nitrogens is 1. The standard InChI is InChI=1S/C15H18N2O2/c1-4-9(2)16-10(3)13-14(18)11-7-5-6-8-12(11)17-15(13)19/h5-9H,4H2,1-3H3,(H2,17,18,19). The first-order valence-corrected chi connectivity index (χ1v) is 6.43. The highest BCUT2D eigenvalue weighted by Gasteiger charge is 2.14. The summed E-state index contributed by atoms with van der Waals surface area (Å²) in [5.74, 6) is 0.00361. The second kappa shape index (κ2) is 5.26. The smallest absolute Gasteiger partial charge is 0.261 e. The molecule has 0 amide bonds. The Bertz CT molecular complexity index is 686. The van der Waals surface area contributed by atoms with Crippen LogP contribution >= 0.6 is 0 Å². The zero-order valence-electron chi connectivity index (χ0n) is 11.4. The number of H-pyrrole nitrogens is 1. The molecule has 1 aromatic heterocycles. The van der Waals surface area contributed by atoms with Gasteiger partial charge in [0, 0.05) is 17.1 Å². The summed E-state index contributed by atoms with van der Waals surface area (Å²) in [6.45, 7) is 5.77. The van der Waals surface area contributed by atoms with Crippen LogP contribution in [-0.4, -0.2) is 21.8 Å². The lowest BCUT2D eigenvalue weighted by Gasteiger charge is -2.09. The number of rotatable bonds is 3. The van der Waals surface area contributed by atoms with E-state index in [1.807, 2.05) is 26.0 Å². The van der Waals surface area contributed by atoms with E-state index in [4.69, 9.17) is 0 Å². The van der Waals surface area contributed by atoms with Crippen LogP contribution in [0, 0.1) is 0 Å². The molecule has 0 spiro atoms. The summed E-state index contributed by atoms with van der Waals surface area (Å²) in [7, 11) is 0. The van der Waals surface area contributed by atoms with E-state index in [1.165, 1.54) is 0 Å². The molecule has 0 saturated carbocycles. The van der Waals surface area contributed by atoms with Gasteiger partial charge in [0.25, 0.3) is 5.56 Å². The molecule has 1 unspecified atom stereocenters. The minimum Gasteiger partial charge on any atom is -0.506 e. The number of aliphatic imine (C=N–C) groups is 1. The Hall–Kier alpha value is -2.10. The van der Waals surface area contributed by atoms with Crippen LogP contribution in [0.2, 0.25) is 0 Å². The number of nitrogens with one attached hydrogen (secondary N) is 1. The molecule has 4 nitrogen and oxygen atoms in total. The molecule has 0 aliphatic carbocycles. The lowest BCUT2D eigenvalue weighted by Crippen LogP contribution is -2.18. The van der Waals surface area contributed by atoms with Gasteiger partial charge in [-0.15, -0.1) is 0 Å². The van der Waals surface area contributed by atoms with Crippen LogP contribution in [-0.2, 0) is 0 Å². The Morgan fingerprint density at radius 3 is 2.79 bits per heavy atom. The molecule has 1 atom stereocenters. The van der Waals surface area contributed by atoms with E-state index in [9.17, 15) is 9.90 Å². The van der Waals surface area contributed by atoms with Crippen LogP contribution in [0.1, 0.15) is 32.8 Å². The average Bonchev–Trinajstić information content (AvgIpc) is 2.38. The van der Waals surface area contributed by atoms with Crippen LogP contribution in [0.5, 0.6) is 5.75 Å². The van der Waals surface area contributed by atoms with Gasteiger partial charge in [-0.2, -0.15) is 0 Å². The Balaban J connectivity index is 2.67. The lowest BCUT2D eigenvalue weighted by atomic mass is 10.1. The normalized spacial score (nSPS) is 13.7. The first kappa shape index (κ1) is 13.3. The van der Waals surface area contributed by atoms with Crippen LogP contribution in [0.15, 0.2) is 34.1 Å². The minimum absolute atomic E-state index is 0.00361. The van der Waals surface area contributed by atoms with Gasteiger partial charge in [-0.05, 0) is 32.4 Å². The Kier molecular flexibility index (Phi) is 3.69. The summed E-state index contributed by atoms with van der Waals surface area (Å²) in [6, 6.07) is 7.32. The van der Waals surface area contributed by atoms with Gasteiger partial charge in [0.15, 0.2) is 0 Å². The van der Waals surface area contributed by atoms with Gasteiger partial charge in [0.05, 0.1) is 5.52 Å². The lowest BCUT2D eigenvalue weighted by molar-refractivity contribution is 0.479. The van der Waals surface area contributed by atoms with Crippen LogP contribution in [0.25, 0.3) is 10.9 Å². The molecule has 100 valence electrons. The number of hydrogen-bond acceptors (Lipinski definition) is 3. The maximum Gasteiger partial charge on any atom is 0.261 e. The van der Waals surface area contributed by atoms with E-state index in [0.29, 0.717) is 16.6 Å². The van der Waals surface area contributed by atoms with E-state index < -0.39 is 0 Å². The molecule has 2 N–H and O–H groups in total. The third kappa shape index (κ3) is 2.52. The van der Waals surface area contributed by atoms with Crippen molar-refractivity contribution in [2.24, 2.45) is 4.99 Å². The highest BCUT2D eigenvalue weighted by molar-refractivity contribution is 6.05. The summed E-state index contributed by atoms with van der Waals surface area (Å²) in [6.07, 6.45) is 0.892. The van der Waals surface area contributed by atoms with Gasteiger partial charge < -0.3 is 10.1 Å². The number of nitrogens with zero attached hydrogens (tertiary/aromatic N) is 1. The van der Waals surface area contributed by atoms with Crippen LogP contribution in [0.3, 0.4) is 0 Å². The Morgan fingerprint density at radius 1 is 1.42 bits per heavy atom. The molecule has 1 heterocycles. The van der Waals surface area contributed by atoms with Crippen molar-refractivity contribution in [2.45, 2.75) is 33.2 Å². The van der Waals surface area contributed by atoms with Crippen molar-refractivity contribution < 1.29 is 5.11 Å². The monoisotopic (exact) mass is 258 g/mol. The second-order valence-electron chi connectivity index (χ2n) is 4.70. The molecule has 1 aromatic carbocycles. The fraction of sp³-hybridized carbons (Fsp3) is 0.333. The fourth-order valence-electron chi connectivity index (χ4n) is 2.05. The molecule has 2 rings (SSSR count). The summed E-state index contributed by atoms with van der Waals surface area (Å²) >= 11 is 0. The largest absolute Gasteiger partial charge is 0.506 e. The molecule has 0 bridgehead atoms. The highest BCUT2D eigenvalue weighted by Crippen LogP contribution is 2.25. The second-order valence-corrected chi connectivity index (χ2v) is 4.70. The molecule has 0 aliphatic rings. The number of hydrogen-bond donors (Lipinski definition) is 2. The van der Waals surface area contributed by atoms with Gasteiger partial charge in [0.2, 0.25) is 0 Å². The molecule has 0 fully saturated rings. The predicted octanol–water partition coefficient (Wildman–Crippen LogP) is 2.84. The average molecular weight is 258 g/mol. The molecular weight excluding hydrogens is 240 g/mol. The first-order chi connectivity index (χ1) is 9.04. The quantitative estimate of drug-likeness (QED) is 0.831. The number of aromatic amines is 1. The summed E-state index contributed by atoms with van der Waals surface area (Å²) in [4.78, 5) is 19.3. The van der Waals surface area contributed by atoms with E-state index in [-0.39, 0.29) is 22.9 Å². The van der Waals surface area contributed by atoms with Gasteiger partial charge in [-0.25, -0.2) is 0 Å². The van der Waals surface area contributed by atoms with E-state index in [2.05, 4.69) is 9.98 Å². The van der Waals surface area contributed by atoms with E-state index in [0.717, 1.165) is 6.42 Å². The van der Waals surface area contributed by atoms with E-state index >= 15 is 0 Å². The zero-order valence-corrected chi connectivity index (χ0v) is 11.4. The maximum absolute atomic E-state index is 12.1. The first-order valence-electron chi connectivity index (χ1n) is 6.43. The Labute approximate surface area is 111 Å². The van der Waals surface area contributed by atoms with Crippen molar-refractivity contribution in [3.63, 3.8) is 0 Å². The number of benzene rings is 1. The summed E-state index contributed by atoms with van der Waals surface area (Å²) < 4.78 is 0. The molecule has 2 aromatic rings. The number of pyridine rings is 1. The highest BCUT2D eigenvalue weighted by atomic mass is 16.3. The van der Waals surface area contributed by atoms with Crippen molar-refractivity contribution in [1.29, 1.82) is 0 Å². The maximum atomic E-state index is 12.1. The molecule has 4 heteroatoms. The van der Waals surface area contributed by atoms with Gasteiger partial charge in [0.1, 0.15) is 11.3 Å². The number of aromatic hydroxyl groups is 1. The number of fused-ring (bicyclic) bond motifs is 1. The summed E-state index contributed by atoms with van der Waals surface area (Å²) in [5.41, 5.74) is 1.16. The fourth-order valence-corrected chi connectivity index (χ4v) is 2.05. The third-order valence-corrected chi connectivity index (χ3v) is 3.26. The topological polar surface area (TPSA) is 65.5 Å². The van der Waals surface area contributed by atoms with Gasteiger partial charge in [-0.1, -0.05) is 19.1 Å². The molecule has 0 aliphatic heterocycles. The number of para-hydroxylation sites is 1. The van der Waals surface area contributed by atoms with Crippen molar-refractivity contribution in [3.8, 4) is 5.75 Å². The zero-order chi connectivity index (χ0) is 14.0. The molecule has 0 saturated heterocycles. The van der Waals surface area contributed by atoms with Crippen molar-refractivity contribution in [1.82, 2.24) is 4.98 Å². The van der Waals surface area contributed by atoms with Crippen molar-refractivity contribution >= 4 is 16.6 Å². The SMILES string of the molecule is CCC(C)N=C(C)c1c(O)c2ccccc2[nH]c1=O. The van der Waals surface area contributed by atoms with Crippen molar-refractivity contribution in [2.75, 3.05) is 0 Å². The van der Waals surface area contributed by atoms with Gasteiger partial charge >= 0.3 is 0 Å². The van der Waals surface area contributed by atoms with Crippen LogP contribution in [0.4, 0.5) is 0 Å². The molecule has 19 heavy (non-hydrogen) atoms. The Morgan fingerprint density at radius 2 is 2.11 bits per heavy atom. The summed E-state index contributed by atoms with van der Waals surface area (Å²) in [5, 5.41) is 10.9. The molecular formula is C15H18N2O2. The molecule has 0 radical (unpaired) electrons. The van der Waals surface area contributed by atoms with Crippen LogP contribution < -0.4 is 5.56 Å². The van der Waals surface area contributed by atoms with E-state index in [1.54, 1.807) is 19.1 Å². The van der Waals surface area contributed by atoms with Crippen molar-refractivity contribution in [3.05, 3.63) is 40.2 Å².